The van der Waals surface area contributed by atoms with Gasteiger partial charge in [0, 0.05) is 24.1 Å². The molecule has 3 aromatic rings. The minimum absolute atomic E-state index is 0.223. The summed E-state index contributed by atoms with van der Waals surface area (Å²) in [5.41, 5.74) is 5.51. The lowest BCUT2D eigenvalue weighted by Gasteiger charge is -2.27. The molecule has 0 spiro atoms. The van der Waals surface area contributed by atoms with E-state index in [1.807, 2.05) is 48.6 Å². The van der Waals surface area contributed by atoms with Crippen molar-refractivity contribution in [2.75, 3.05) is 0 Å². The minimum Gasteiger partial charge on any atom is -0.348 e. The number of nitrogens with one attached hydrogen (secondary N) is 2. The van der Waals surface area contributed by atoms with E-state index >= 15 is 0 Å². The third-order valence-corrected chi connectivity index (χ3v) is 6.38. The highest BCUT2D eigenvalue weighted by Gasteiger charge is 2.31. The Morgan fingerprint density at radius 1 is 1.03 bits per heavy atom. The maximum absolute atomic E-state index is 12.8. The molecule has 1 saturated carbocycles. The van der Waals surface area contributed by atoms with Gasteiger partial charge in [0.25, 0.3) is 5.91 Å². The first-order valence-electron chi connectivity index (χ1n) is 11.1. The predicted molar refractivity (Wildman–Crippen MR) is 120 cm³/mol. The predicted octanol–water partition coefficient (Wildman–Crippen LogP) is 3.53. The Bertz CT molecular complexity index is 1180. The van der Waals surface area contributed by atoms with Crippen LogP contribution in [0.3, 0.4) is 0 Å². The Morgan fingerprint density at radius 2 is 1.78 bits per heavy atom. The molecular formula is C25H26N4O3. The Kier molecular flexibility index (Phi) is 5.49. The highest BCUT2D eigenvalue weighted by Crippen LogP contribution is 2.40. The van der Waals surface area contributed by atoms with Crippen LogP contribution < -0.4 is 10.8 Å². The summed E-state index contributed by atoms with van der Waals surface area (Å²) >= 11 is 0. The van der Waals surface area contributed by atoms with Crippen LogP contribution in [0.5, 0.6) is 0 Å². The van der Waals surface area contributed by atoms with Crippen molar-refractivity contribution >= 4 is 22.8 Å². The summed E-state index contributed by atoms with van der Waals surface area (Å²) in [6.45, 7) is 0.709. The van der Waals surface area contributed by atoms with Gasteiger partial charge in [0.05, 0.1) is 17.0 Å². The van der Waals surface area contributed by atoms with Crippen LogP contribution in [0.4, 0.5) is 0 Å². The molecule has 1 aromatic heterocycles. The number of hydroxylamine groups is 1. The van der Waals surface area contributed by atoms with Crippen molar-refractivity contribution in [1.82, 2.24) is 20.3 Å². The molecule has 2 aliphatic rings. The maximum Gasteiger partial charge on any atom is 0.251 e. The zero-order valence-corrected chi connectivity index (χ0v) is 17.7. The van der Waals surface area contributed by atoms with Gasteiger partial charge in [0.2, 0.25) is 5.91 Å². The number of aromatic nitrogens is 2. The van der Waals surface area contributed by atoms with Crippen LogP contribution in [0.1, 0.15) is 53.3 Å². The normalized spacial score (nSPS) is 20.3. The molecule has 2 atom stereocenters. The molecule has 5 rings (SSSR count). The molecule has 0 saturated heterocycles. The molecule has 2 aliphatic carbocycles. The van der Waals surface area contributed by atoms with E-state index in [9.17, 15) is 9.59 Å². The lowest BCUT2D eigenvalue weighted by atomic mass is 9.88. The van der Waals surface area contributed by atoms with Gasteiger partial charge >= 0.3 is 0 Å². The van der Waals surface area contributed by atoms with E-state index in [-0.39, 0.29) is 11.9 Å². The summed E-state index contributed by atoms with van der Waals surface area (Å²) in [6.07, 6.45) is 7.26. The van der Waals surface area contributed by atoms with E-state index < -0.39 is 11.8 Å². The second-order valence-electron chi connectivity index (χ2n) is 8.62. The second-order valence-corrected chi connectivity index (χ2v) is 8.62. The summed E-state index contributed by atoms with van der Waals surface area (Å²) in [7, 11) is 0. The minimum atomic E-state index is -0.483. The summed E-state index contributed by atoms with van der Waals surface area (Å²) in [5.74, 6) is 0.504. The third kappa shape index (κ3) is 4.03. The molecule has 0 bridgehead atoms. The van der Waals surface area contributed by atoms with Gasteiger partial charge in [-0.05, 0) is 55.5 Å². The van der Waals surface area contributed by atoms with Gasteiger partial charge in [0.15, 0.2) is 0 Å². The first-order valence-corrected chi connectivity index (χ1v) is 11.1. The van der Waals surface area contributed by atoms with Crippen LogP contribution in [-0.4, -0.2) is 32.6 Å². The number of fused-ring (bicyclic) bond motifs is 1. The Hall–Kier alpha value is -3.45. The maximum atomic E-state index is 12.8. The first-order chi connectivity index (χ1) is 15.6. The Labute approximate surface area is 186 Å². The van der Waals surface area contributed by atoms with E-state index in [0.29, 0.717) is 30.9 Å². The van der Waals surface area contributed by atoms with Crippen LogP contribution >= 0.6 is 0 Å². The molecule has 0 radical (unpaired) electrons. The van der Waals surface area contributed by atoms with Crippen LogP contribution in [0.25, 0.3) is 11.0 Å². The third-order valence-electron chi connectivity index (χ3n) is 6.38. The fourth-order valence-corrected chi connectivity index (χ4v) is 4.46. The topological polar surface area (TPSA) is 96.3 Å². The highest BCUT2D eigenvalue weighted by atomic mass is 16.5. The van der Waals surface area contributed by atoms with Crippen LogP contribution in [0.15, 0.2) is 60.7 Å². The first kappa shape index (κ1) is 20.5. The number of hydrogen-bond donors (Lipinski definition) is 3. The number of nitrogens with zero attached hydrogens (tertiary/aromatic N) is 2. The molecule has 0 aliphatic heterocycles. The van der Waals surface area contributed by atoms with Crippen LogP contribution in [0.2, 0.25) is 0 Å². The lowest BCUT2D eigenvalue weighted by molar-refractivity contribution is -0.134. The van der Waals surface area contributed by atoms with Crippen molar-refractivity contribution in [3.8, 4) is 0 Å². The van der Waals surface area contributed by atoms with Gasteiger partial charge in [0.1, 0.15) is 5.82 Å². The van der Waals surface area contributed by atoms with Crippen LogP contribution in [0, 0.1) is 5.92 Å². The van der Waals surface area contributed by atoms with E-state index in [2.05, 4.69) is 22.0 Å². The molecule has 32 heavy (non-hydrogen) atoms. The van der Waals surface area contributed by atoms with Gasteiger partial charge in [-0.25, -0.2) is 10.5 Å². The summed E-state index contributed by atoms with van der Waals surface area (Å²) in [5, 5.41) is 11.9. The number of carbonyl (C=O) groups excluding carboxylic acids is 2. The van der Waals surface area contributed by atoms with Crippen molar-refractivity contribution in [2.24, 2.45) is 5.92 Å². The SMILES string of the molecule is O=C(N[C@@H]1CC=CC[C@H]1C(=O)NO)c1ccc(Cn2c(C3CC3)nc3ccccc32)cc1. The summed E-state index contributed by atoms with van der Waals surface area (Å²) in [6, 6.07) is 15.4. The van der Waals surface area contributed by atoms with E-state index in [4.69, 9.17) is 10.2 Å². The van der Waals surface area contributed by atoms with Crippen molar-refractivity contribution < 1.29 is 14.8 Å². The zero-order chi connectivity index (χ0) is 22.1. The molecule has 7 heteroatoms. The molecule has 2 aromatic carbocycles. The smallest absolute Gasteiger partial charge is 0.251 e. The molecule has 1 heterocycles. The van der Waals surface area contributed by atoms with Gasteiger partial charge in [-0.3, -0.25) is 14.8 Å². The summed E-state index contributed by atoms with van der Waals surface area (Å²) in [4.78, 5) is 29.5. The van der Waals surface area contributed by atoms with Gasteiger partial charge < -0.3 is 9.88 Å². The van der Waals surface area contributed by atoms with E-state index in [1.165, 1.54) is 12.8 Å². The fraction of sp³-hybridized carbons (Fsp3) is 0.320. The summed E-state index contributed by atoms with van der Waals surface area (Å²) < 4.78 is 2.29. The average molecular weight is 431 g/mol. The van der Waals surface area contributed by atoms with Gasteiger partial charge in [-0.1, -0.05) is 36.4 Å². The monoisotopic (exact) mass is 430 g/mol. The van der Waals surface area contributed by atoms with Crippen molar-refractivity contribution in [2.45, 2.75) is 44.2 Å². The number of rotatable bonds is 6. The Morgan fingerprint density at radius 3 is 2.53 bits per heavy atom. The number of amides is 2. The molecular weight excluding hydrogens is 404 g/mol. The van der Waals surface area contributed by atoms with Crippen molar-refractivity contribution in [3.63, 3.8) is 0 Å². The lowest BCUT2D eigenvalue weighted by Crippen LogP contribution is -2.47. The number of hydrogen-bond acceptors (Lipinski definition) is 4. The molecule has 7 nitrogen and oxygen atoms in total. The van der Waals surface area contributed by atoms with E-state index in [0.717, 1.165) is 22.4 Å². The molecule has 0 unspecified atom stereocenters. The quantitative estimate of drug-likeness (QED) is 0.317. The number of para-hydroxylation sites is 2. The largest absolute Gasteiger partial charge is 0.348 e. The number of carbonyl (C=O) groups is 2. The molecule has 2 amide bonds. The van der Waals surface area contributed by atoms with Crippen molar-refractivity contribution in [3.05, 3.63) is 77.6 Å². The van der Waals surface area contributed by atoms with E-state index in [1.54, 1.807) is 5.48 Å². The van der Waals surface area contributed by atoms with Gasteiger partial charge in [-0.2, -0.15) is 0 Å². The fourth-order valence-electron chi connectivity index (χ4n) is 4.46. The zero-order valence-electron chi connectivity index (χ0n) is 17.7. The second kappa shape index (κ2) is 8.59. The number of allylic oxidation sites excluding steroid dienone is 1. The van der Waals surface area contributed by atoms with Crippen LogP contribution in [-0.2, 0) is 11.3 Å². The number of benzene rings is 2. The highest BCUT2D eigenvalue weighted by molar-refractivity contribution is 5.95. The standard InChI is InChI=1S/C25H26N4O3/c30-24(27-20-6-2-1-5-19(20)25(31)28-32)18-11-9-16(10-12-18)15-29-22-8-4-3-7-21(22)26-23(29)17-13-14-17/h1-4,7-12,17,19-20,32H,5-6,13-15H2,(H,27,30)(H,28,31)/t19-,20-/m1/s1. The molecule has 164 valence electrons. The molecule has 3 N–H and O–H groups in total. The number of imidazole rings is 1. The Balaban J connectivity index is 1.31. The van der Waals surface area contributed by atoms with Crippen molar-refractivity contribution in [1.29, 1.82) is 0 Å². The van der Waals surface area contributed by atoms with Gasteiger partial charge in [-0.15, -0.1) is 0 Å². The molecule has 1 fully saturated rings. The average Bonchev–Trinajstić information content (AvgIpc) is 3.61.